The van der Waals surface area contributed by atoms with Crippen LogP contribution in [0, 0.1) is 5.82 Å². The van der Waals surface area contributed by atoms with Gasteiger partial charge in [-0.25, -0.2) is 4.39 Å². The Bertz CT molecular complexity index is 394. The lowest BCUT2D eigenvalue weighted by Gasteiger charge is -2.27. The number of rotatable bonds is 6. The van der Waals surface area contributed by atoms with Gasteiger partial charge in [0.1, 0.15) is 0 Å². The van der Waals surface area contributed by atoms with Gasteiger partial charge >= 0.3 is 0 Å². The second kappa shape index (κ2) is 7.31. The van der Waals surface area contributed by atoms with Gasteiger partial charge in [-0.1, -0.05) is 0 Å². The number of hydrogen-bond acceptors (Lipinski definition) is 4. The molecule has 0 amide bonds. The van der Waals surface area contributed by atoms with Crippen LogP contribution in [0.5, 0.6) is 5.75 Å². The van der Waals surface area contributed by atoms with Gasteiger partial charge in [0.2, 0.25) is 0 Å². The molecule has 0 radical (unpaired) electrons. The Morgan fingerprint density at radius 3 is 2.84 bits per heavy atom. The van der Waals surface area contributed by atoms with Crippen LogP contribution >= 0.6 is 0 Å². The Hall–Kier alpha value is -1.33. The Morgan fingerprint density at radius 1 is 1.37 bits per heavy atom. The van der Waals surface area contributed by atoms with Gasteiger partial charge in [-0.05, 0) is 25.1 Å². The maximum atomic E-state index is 13.5. The predicted octanol–water partition coefficient (Wildman–Crippen LogP) is 1.54. The van der Waals surface area contributed by atoms with Crippen molar-refractivity contribution in [1.82, 2.24) is 10.2 Å². The van der Waals surface area contributed by atoms with Crippen molar-refractivity contribution in [1.29, 1.82) is 0 Å². The molecule has 2 N–H and O–H groups in total. The number of ether oxygens (including phenoxy) is 1. The van der Waals surface area contributed by atoms with Gasteiger partial charge in [0.25, 0.3) is 0 Å². The highest BCUT2D eigenvalue weighted by molar-refractivity contribution is 5.47. The number of halogens is 1. The maximum absolute atomic E-state index is 13.5. The number of piperazine rings is 1. The fourth-order valence-electron chi connectivity index (χ4n) is 2.25. The highest BCUT2D eigenvalue weighted by Gasteiger charge is 2.08. The fourth-order valence-corrected chi connectivity index (χ4v) is 2.25. The number of nitrogens with zero attached hydrogens (tertiary/aromatic N) is 1. The highest BCUT2D eigenvalue weighted by atomic mass is 19.1. The quantitative estimate of drug-likeness (QED) is 0.767. The molecule has 1 fully saturated rings. The lowest BCUT2D eigenvalue weighted by Crippen LogP contribution is -2.44. The molecule has 4 nitrogen and oxygen atoms in total. The van der Waals surface area contributed by atoms with Crippen molar-refractivity contribution in [2.75, 3.05) is 51.7 Å². The molecule has 1 aromatic rings. The van der Waals surface area contributed by atoms with E-state index in [9.17, 15) is 4.39 Å². The first-order valence-corrected chi connectivity index (χ1v) is 6.80. The Kier molecular flexibility index (Phi) is 5.42. The average Bonchev–Trinajstić information content (AvgIpc) is 2.45. The molecule has 0 spiro atoms. The summed E-state index contributed by atoms with van der Waals surface area (Å²) < 4.78 is 18.4. The highest BCUT2D eigenvalue weighted by Crippen LogP contribution is 2.20. The molecule has 0 unspecified atom stereocenters. The summed E-state index contributed by atoms with van der Waals surface area (Å²) in [5.41, 5.74) is 0.804. The standard InChI is InChI=1S/C14H22FN3O/c1-19-14-4-3-12(11-13(14)15)17-5-2-8-18-9-6-16-7-10-18/h3-4,11,16-17H,2,5-10H2,1H3. The van der Waals surface area contributed by atoms with E-state index >= 15 is 0 Å². The minimum atomic E-state index is -0.324. The molecule has 0 aromatic heterocycles. The summed E-state index contributed by atoms with van der Waals surface area (Å²) in [5.74, 6) is -0.0408. The average molecular weight is 267 g/mol. The van der Waals surface area contributed by atoms with Crippen LogP contribution in [0.2, 0.25) is 0 Å². The van der Waals surface area contributed by atoms with Crippen LogP contribution in [0.3, 0.4) is 0 Å². The summed E-state index contributed by atoms with van der Waals surface area (Å²) >= 11 is 0. The van der Waals surface area contributed by atoms with Crippen molar-refractivity contribution >= 4 is 5.69 Å². The second-order valence-corrected chi connectivity index (χ2v) is 4.72. The molecule has 1 aliphatic rings. The number of methoxy groups -OCH3 is 1. The van der Waals surface area contributed by atoms with Gasteiger partial charge in [-0.3, -0.25) is 0 Å². The molecule has 0 saturated carbocycles. The van der Waals surface area contributed by atoms with Crippen molar-refractivity contribution in [3.8, 4) is 5.75 Å². The Balaban J connectivity index is 1.69. The van der Waals surface area contributed by atoms with Gasteiger partial charge in [-0.15, -0.1) is 0 Å². The van der Waals surface area contributed by atoms with E-state index in [1.807, 2.05) is 6.07 Å². The lowest BCUT2D eigenvalue weighted by molar-refractivity contribution is 0.240. The normalized spacial score (nSPS) is 16.3. The molecule has 1 aliphatic heterocycles. The van der Waals surface area contributed by atoms with Crippen molar-refractivity contribution < 1.29 is 9.13 Å². The first kappa shape index (κ1) is 14.1. The number of hydrogen-bond donors (Lipinski definition) is 2. The van der Waals surface area contributed by atoms with E-state index in [4.69, 9.17) is 4.74 Å². The van der Waals surface area contributed by atoms with Crippen molar-refractivity contribution in [3.63, 3.8) is 0 Å². The van der Waals surface area contributed by atoms with E-state index < -0.39 is 0 Å². The molecule has 1 heterocycles. The number of anilines is 1. The van der Waals surface area contributed by atoms with Gasteiger partial charge < -0.3 is 20.3 Å². The third-order valence-corrected chi connectivity index (χ3v) is 3.34. The topological polar surface area (TPSA) is 36.5 Å². The zero-order chi connectivity index (χ0) is 13.5. The van der Waals surface area contributed by atoms with Crippen molar-refractivity contribution in [2.24, 2.45) is 0 Å². The van der Waals surface area contributed by atoms with Crippen LogP contribution in [0.15, 0.2) is 18.2 Å². The maximum Gasteiger partial charge on any atom is 0.167 e. The summed E-state index contributed by atoms with van der Waals surface area (Å²) in [6, 6.07) is 4.96. The molecule has 106 valence electrons. The third-order valence-electron chi connectivity index (χ3n) is 3.34. The summed E-state index contributed by atoms with van der Waals surface area (Å²) in [5, 5.41) is 6.58. The smallest absolute Gasteiger partial charge is 0.167 e. The van der Waals surface area contributed by atoms with Gasteiger partial charge in [-0.2, -0.15) is 0 Å². The van der Waals surface area contributed by atoms with E-state index in [0.717, 1.165) is 51.4 Å². The Labute approximate surface area is 113 Å². The SMILES string of the molecule is COc1ccc(NCCCN2CCNCC2)cc1F. The van der Waals surface area contributed by atoms with Crippen LogP contribution in [-0.4, -0.2) is 51.3 Å². The minimum Gasteiger partial charge on any atom is -0.494 e. The summed E-state index contributed by atoms with van der Waals surface area (Å²) in [6.45, 7) is 6.35. The summed E-state index contributed by atoms with van der Waals surface area (Å²) in [7, 11) is 1.47. The molecular weight excluding hydrogens is 245 g/mol. The van der Waals surface area contributed by atoms with E-state index in [0.29, 0.717) is 0 Å². The molecule has 5 heteroatoms. The van der Waals surface area contributed by atoms with E-state index in [-0.39, 0.29) is 11.6 Å². The van der Waals surface area contributed by atoms with Crippen LogP contribution in [0.1, 0.15) is 6.42 Å². The van der Waals surface area contributed by atoms with Crippen molar-refractivity contribution in [3.05, 3.63) is 24.0 Å². The van der Waals surface area contributed by atoms with Crippen LogP contribution in [0.25, 0.3) is 0 Å². The number of benzene rings is 1. The van der Waals surface area contributed by atoms with Crippen LogP contribution in [-0.2, 0) is 0 Å². The zero-order valence-corrected chi connectivity index (χ0v) is 11.4. The molecule has 0 atom stereocenters. The fraction of sp³-hybridized carbons (Fsp3) is 0.571. The molecular formula is C14H22FN3O. The van der Waals surface area contributed by atoms with E-state index in [1.165, 1.54) is 13.2 Å². The molecule has 19 heavy (non-hydrogen) atoms. The first-order valence-electron chi connectivity index (χ1n) is 6.80. The molecule has 1 saturated heterocycles. The van der Waals surface area contributed by atoms with Crippen LogP contribution < -0.4 is 15.4 Å². The zero-order valence-electron chi connectivity index (χ0n) is 11.4. The summed E-state index contributed by atoms with van der Waals surface area (Å²) in [4.78, 5) is 2.45. The van der Waals surface area contributed by atoms with E-state index in [1.54, 1.807) is 6.07 Å². The summed E-state index contributed by atoms with van der Waals surface area (Å²) in [6.07, 6.45) is 1.06. The molecule has 1 aromatic carbocycles. The minimum absolute atomic E-state index is 0.284. The lowest BCUT2D eigenvalue weighted by atomic mass is 10.2. The van der Waals surface area contributed by atoms with Crippen LogP contribution in [0.4, 0.5) is 10.1 Å². The Morgan fingerprint density at radius 2 is 2.16 bits per heavy atom. The van der Waals surface area contributed by atoms with Gasteiger partial charge in [0.15, 0.2) is 11.6 Å². The van der Waals surface area contributed by atoms with Gasteiger partial charge in [0.05, 0.1) is 7.11 Å². The number of nitrogens with one attached hydrogen (secondary N) is 2. The van der Waals surface area contributed by atoms with E-state index in [2.05, 4.69) is 15.5 Å². The monoisotopic (exact) mass is 267 g/mol. The van der Waals surface area contributed by atoms with Gasteiger partial charge in [0, 0.05) is 44.5 Å². The van der Waals surface area contributed by atoms with Crippen molar-refractivity contribution in [2.45, 2.75) is 6.42 Å². The third kappa shape index (κ3) is 4.36. The predicted molar refractivity (Wildman–Crippen MR) is 75.4 cm³/mol. The first-order chi connectivity index (χ1) is 9.29. The second-order valence-electron chi connectivity index (χ2n) is 4.72. The molecule has 0 bridgehead atoms. The molecule has 0 aliphatic carbocycles. The largest absolute Gasteiger partial charge is 0.494 e. The molecule has 2 rings (SSSR count).